The molecule has 0 bridgehead atoms. The standard InChI is InChI=1S/C10H7NO2.C9H7F3S/c1-2-11-9(12)7-5-3-4-6-8(7)10(11)13;10-9(11,12)6-7-13-8-4-2-1-3-5-8/h2-6H,1H2;1-7H. The fraction of sp³-hybridized carbons (Fsp3) is 0.0526. The van der Waals surface area contributed by atoms with Gasteiger partial charge in [-0.25, -0.2) is 4.90 Å². The van der Waals surface area contributed by atoms with Crippen molar-refractivity contribution in [2.75, 3.05) is 0 Å². The Kier molecular flexibility index (Phi) is 6.41. The van der Waals surface area contributed by atoms with Gasteiger partial charge in [0.05, 0.1) is 11.1 Å². The number of benzene rings is 2. The molecule has 7 heteroatoms. The molecular formula is C19H14F3NO2S. The van der Waals surface area contributed by atoms with E-state index in [2.05, 4.69) is 6.58 Å². The lowest BCUT2D eigenvalue weighted by molar-refractivity contribution is -0.0796. The van der Waals surface area contributed by atoms with Gasteiger partial charge in [0.25, 0.3) is 11.8 Å². The number of halogens is 3. The molecule has 0 unspecified atom stereocenters. The van der Waals surface area contributed by atoms with Crippen LogP contribution in [0.2, 0.25) is 0 Å². The minimum atomic E-state index is -4.22. The van der Waals surface area contributed by atoms with Crippen LogP contribution < -0.4 is 0 Å². The van der Waals surface area contributed by atoms with Crippen molar-refractivity contribution < 1.29 is 22.8 Å². The van der Waals surface area contributed by atoms with Crippen molar-refractivity contribution in [3.05, 3.63) is 90.0 Å². The van der Waals surface area contributed by atoms with Gasteiger partial charge in [-0.2, -0.15) is 13.2 Å². The molecule has 0 atom stereocenters. The highest BCUT2D eigenvalue weighted by Gasteiger charge is 2.33. The van der Waals surface area contributed by atoms with Crippen LogP contribution in [0.5, 0.6) is 0 Å². The van der Waals surface area contributed by atoms with E-state index in [0.29, 0.717) is 11.1 Å². The molecule has 0 aliphatic carbocycles. The van der Waals surface area contributed by atoms with Crippen LogP contribution in [0.1, 0.15) is 20.7 Å². The number of imide groups is 1. The molecule has 0 radical (unpaired) electrons. The summed E-state index contributed by atoms with van der Waals surface area (Å²) >= 11 is 1.05. The summed E-state index contributed by atoms with van der Waals surface area (Å²) in [6.07, 6.45) is -2.75. The summed E-state index contributed by atoms with van der Waals surface area (Å²) in [5.74, 6) is -0.591. The topological polar surface area (TPSA) is 37.4 Å². The van der Waals surface area contributed by atoms with Crippen LogP contribution >= 0.6 is 11.8 Å². The van der Waals surface area contributed by atoms with Crippen LogP contribution in [-0.2, 0) is 0 Å². The second-order valence-electron chi connectivity index (χ2n) is 4.98. The number of carbonyl (C=O) groups is 2. The molecule has 0 fully saturated rings. The van der Waals surface area contributed by atoms with Crippen LogP contribution in [0.25, 0.3) is 0 Å². The van der Waals surface area contributed by atoms with E-state index in [9.17, 15) is 22.8 Å². The van der Waals surface area contributed by atoms with Gasteiger partial charge in [-0.3, -0.25) is 9.59 Å². The van der Waals surface area contributed by atoms with E-state index < -0.39 is 6.18 Å². The number of hydrogen-bond donors (Lipinski definition) is 0. The predicted octanol–water partition coefficient (Wildman–Crippen LogP) is 5.28. The first-order valence-corrected chi connectivity index (χ1v) is 8.27. The summed E-state index contributed by atoms with van der Waals surface area (Å²) in [5, 5.41) is 1.04. The zero-order chi connectivity index (χ0) is 19.2. The Balaban J connectivity index is 0.000000187. The van der Waals surface area contributed by atoms with Gasteiger partial charge in [0.1, 0.15) is 0 Å². The lowest BCUT2D eigenvalue weighted by atomic mass is 10.1. The average Bonchev–Trinajstić information content (AvgIpc) is 2.86. The molecule has 0 saturated carbocycles. The first kappa shape index (κ1) is 19.5. The quantitative estimate of drug-likeness (QED) is 0.539. The summed E-state index contributed by atoms with van der Waals surface area (Å²) in [6.45, 7) is 3.41. The second-order valence-corrected chi connectivity index (χ2v) is 5.96. The van der Waals surface area contributed by atoms with Crippen molar-refractivity contribution in [1.82, 2.24) is 4.90 Å². The second kappa shape index (κ2) is 8.53. The summed E-state index contributed by atoms with van der Waals surface area (Å²) in [4.78, 5) is 24.8. The molecule has 26 heavy (non-hydrogen) atoms. The van der Waals surface area contributed by atoms with E-state index in [0.717, 1.165) is 27.0 Å². The van der Waals surface area contributed by atoms with E-state index >= 15 is 0 Å². The summed E-state index contributed by atoms with van der Waals surface area (Å²) < 4.78 is 35.0. The minimum Gasteiger partial charge on any atom is -0.268 e. The summed E-state index contributed by atoms with van der Waals surface area (Å²) in [5.41, 5.74) is 0.903. The van der Waals surface area contributed by atoms with Crippen LogP contribution in [0, 0.1) is 0 Å². The Bertz CT molecular complexity index is 797. The number of hydrogen-bond acceptors (Lipinski definition) is 3. The molecule has 0 aromatic heterocycles. The Morgan fingerprint density at radius 3 is 1.85 bits per heavy atom. The third-order valence-corrected chi connectivity index (χ3v) is 4.03. The van der Waals surface area contributed by atoms with Crippen LogP contribution in [-0.4, -0.2) is 22.9 Å². The first-order valence-electron chi connectivity index (χ1n) is 7.39. The minimum absolute atomic E-state index is 0.227. The number of amides is 2. The summed E-state index contributed by atoms with van der Waals surface area (Å²) in [6, 6.07) is 15.6. The predicted molar refractivity (Wildman–Crippen MR) is 94.6 cm³/mol. The molecular weight excluding hydrogens is 363 g/mol. The van der Waals surface area contributed by atoms with Gasteiger partial charge >= 0.3 is 6.18 Å². The average molecular weight is 377 g/mol. The molecule has 1 aliphatic heterocycles. The number of thioether (sulfide) groups is 1. The fourth-order valence-corrected chi connectivity index (χ4v) is 2.76. The molecule has 2 aromatic rings. The van der Waals surface area contributed by atoms with Crippen molar-refractivity contribution in [3.8, 4) is 0 Å². The SMILES string of the molecule is C=CN1C(=O)c2ccccc2C1=O.FC(F)(F)C=CSc1ccccc1. The number of rotatable bonds is 3. The number of alkyl halides is 3. The normalized spacial score (nSPS) is 13.4. The maximum Gasteiger partial charge on any atom is 0.410 e. The largest absolute Gasteiger partial charge is 0.410 e. The van der Waals surface area contributed by atoms with Gasteiger partial charge < -0.3 is 0 Å². The Labute approximate surface area is 152 Å². The highest BCUT2D eigenvalue weighted by molar-refractivity contribution is 8.02. The molecule has 2 amide bonds. The number of allylic oxidation sites excluding steroid dienone is 1. The van der Waals surface area contributed by atoms with E-state index in [1.165, 1.54) is 6.20 Å². The molecule has 3 rings (SSSR count). The highest BCUT2D eigenvalue weighted by atomic mass is 32.2. The maximum atomic E-state index is 11.7. The third-order valence-electron chi connectivity index (χ3n) is 3.21. The zero-order valence-corrected chi connectivity index (χ0v) is 14.3. The van der Waals surface area contributed by atoms with Crippen molar-refractivity contribution >= 4 is 23.6 Å². The van der Waals surface area contributed by atoms with E-state index in [1.807, 2.05) is 6.07 Å². The van der Waals surface area contributed by atoms with E-state index in [4.69, 9.17) is 0 Å². The fourth-order valence-electron chi connectivity index (χ4n) is 2.06. The first-order chi connectivity index (χ1) is 12.3. The van der Waals surface area contributed by atoms with Gasteiger partial charge in [-0.1, -0.05) is 48.7 Å². The monoisotopic (exact) mass is 377 g/mol. The van der Waals surface area contributed by atoms with E-state index in [-0.39, 0.29) is 17.9 Å². The molecule has 0 spiro atoms. The number of carbonyl (C=O) groups excluding carboxylic acids is 2. The lowest BCUT2D eigenvalue weighted by Gasteiger charge is -2.04. The third kappa shape index (κ3) is 5.10. The summed E-state index contributed by atoms with van der Waals surface area (Å²) in [7, 11) is 0. The number of fused-ring (bicyclic) bond motifs is 1. The van der Waals surface area contributed by atoms with Crippen molar-refractivity contribution in [2.45, 2.75) is 11.1 Å². The molecule has 134 valence electrons. The van der Waals surface area contributed by atoms with Crippen LogP contribution in [0.4, 0.5) is 13.2 Å². The Morgan fingerprint density at radius 2 is 1.38 bits per heavy atom. The molecule has 0 saturated heterocycles. The maximum absolute atomic E-state index is 11.7. The Hall–Kier alpha value is -2.80. The van der Waals surface area contributed by atoms with Gasteiger partial charge in [0.15, 0.2) is 0 Å². The molecule has 3 nitrogen and oxygen atoms in total. The molecule has 0 N–H and O–H groups in total. The van der Waals surface area contributed by atoms with Gasteiger partial charge in [-0.05, 0) is 29.7 Å². The van der Waals surface area contributed by atoms with Gasteiger partial charge in [-0.15, -0.1) is 0 Å². The molecule has 1 heterocycles. The molecule has 2 aromatic carbocycles. The van der Waals surface area contributed by atoms with Crippen LogP contribution in [0.15, 0.2) is 83.8 Å². The van der Waals surface area contributed by atoms with Gasteiger partial charge in [0.2, 0.25) is 0 Å². The Morgan fingerprint density at radius 1 is 0.885 bits per heavy atom. The molecule has 1 aliphatic rings. The zero-order valence-electron chi connectivity index (χ0n) is 13.4. The lowest BCUT2D eigenvalue weighted by Crippen LogP contribution is -2.22. The van der Waals surface area contributed by atoms with Gasteiger partial charge in [0, 0.05) is 17.2 Å². The van der Waals surface area contributed by atoms with Crippen molar-refractivity contribution in [1.29, 1.82) is 0 Å². The van der Waals surface area contributed by atoms with E-state index in [1.54, 1.807) is 48.5 Å². The van der Waals surface area contributed by atoms with Crippen LogP contribution in [0.3, 0.4) is 0 Å². The van der Waals surface area contributed by atoms with Crippen molar-refractivity contribution in [2.24, 2.45) is 0 Å². The number of nitrogens with zero attached hydrogens (tertiary/aromatic N) is 1. The smallest absolute Gasteiger partial charge is 0.268 e. The van der Waals surface area contributed by atoms with Crippen molar-refractivity contribution in [3.63, 3.8) is 0 Å². The highest BCUT2D eigenvalue weighted by Crippen LogP contribution is 2.23.